The van der Waals surface area contributed by atoms with Gasteiger partial charge in [-0.3, -0.25) is 14.3 Å². The van der Waals surface area contributed by atoms with Gasteiger partial charge in [0.15, 0.2) is 5.65 Å². The number of amides is 1. The number of carbonyl (C=O) groups is 1. The molecule has 0 atom stereocenters. The van der Waals surface area contributed by atoms with Crippen LogP contribution in [0.4, 0.5) is 5.95 Å². The Hall–Kier alpha value is -2.93. The fraction of sp³-hybridized carbons (Fsp3) is 0.458. The lowest BCUT2D eigenvalue weighted by Crippen LogP contribution is -2.39. The predicted molar refractivity (Wildman–Crippen MR) is 124 cm³/mol. The Bertz CT molecular complexity index is 978. The molecule has 1 aliphatic heterocycles. The molecule has 7 heteroatoms. The van der Waals surface area contributed by atoms with Crippen molar-refractivity contribution in [3.8, 4) is 0 Å². The highest BCUT2D eigenvalue weighted by Gasteiger charge is 2.21. The number of anilines is 1. The van der Waals surface area contributed by atoms with E-state index in [1.807, 2.05) is 19.1 Å². The van der Waals surface area contributed by atoms with Gasteiger partial charge in [-0.1, -0.05) is 37.3 Å². The number of nitrogens with one attached hydrogen (secondary N) is 2. The minimum atomic E-state index is 0.0974. The number of hydrogen-bond acceptors (Lipinski definition) is 5. The molecule has 2 aromatic heterocycles. The zero-order valence-electron chi connectivity index (χ0n) is 18.3. The predicted octanol–water partition coefficient (Wildman–Crippen LogP) is 3.42. The SMILES string of the molecule is CCCC(=O)NCCn1c(NC2CCN(Cc3ccccc3)CC2)nc2cccnc21. The van der Waals surface area contributed by atoms with Gasteiger partial charge >= 0.3 is 0 Å². The first kappa shape index (κ1) is 21.3. The van der Waals surface area contributed by atoms with Gasteiger partial charge in [0.1, 0.15) is 5.52 Å². The Balaban J connectivity index is 1.37. The van der Waals surface area contributed by atoms with Crippen LogP contribution in [0, 0.1) is 0 Å². The molecule has 164 valence electrons. The second-order valence-electron chi connectivity index (χ2n) is 8.21. The van der Waals surface area contributed by atoms with Crippen molar-refractivity contribution in [2.75, 3.05) is 25.0 Å². The third-order valence-corrected chi connectivity index (χ3v) is 5.81. The molecule has 3 heterocycles. The lowest BCUT2D eigenvalue weighted by Gasteiger charge is -2.32. The molecule has 1 aromatic carbocycles. The van der Waals surface area contributed by atoms with Gasteiger partial charge in [-0.2, -0.15) is 0 Å². The number of hydrogen-bond donors (Lipinski definition) is 2. The summed E-state index contributed by atoms with van der Waals surface area (Å²) in [4.78, 5) is 23.7. The number of pyridine rings is 1. The van der Waals surface area contributed by atoms with Gasteiger partial charge in [-0.15, -0.1) is 0 Å². The Labute approximate surface area is 183 Å². The number of piperidine rings is 1. The fourth-order valence-electron chi connectivity index (χ4n) is 4.16. The average molecular weight is 421 g/mol. The first-order chi connectivity index (χ1) is 15.2. The van der Waals surface area contributed by atoms with Crippen molar-refractivity contribution in [2.24, 2.45) is 0 Å². The number of carbonyl (C=O) groups excluding carboxylic acids is 1. The van der Waals surface area contributed by atoms with E-state index < -0.39 is 0 Å². The van der Waals surface area contributed by atoms with E-state index in [9.17, 15) is 4.79 Å². The maximum atomic E-state index is 11.8. The highest BCUT2D eigenvalue weighted by molar-refractivity contribution is 5.76. The van der Waals surface area contributed by atoms with Crippen molar-refractivity contribution in [2.45, 2.75) is 51.7 Å². The molecule has 0 radical (unpaired) electrons. The van der Waals surface area contributed by atoms with Gasteiger partial charge < -0.3 is 10.6 Å². The number of nitrogens with zero attached hydrogens (tertiary/aromatic N) is 4. The lowest BCUT2D eigenvalue weighted by atomic mass is 10.0. The molecule has 1 amide bonds. The molecule has 31 heavy (non-hydrogen) atoms. The standard InChI is InChI=1S/C24H32N6O/c1-2-7-22(31)25-14-17-30-23-21(10-6-13-26-23)28-24(30)27-20-11-15-29(16-12-20)18-19-8-4-3-5-9-19/h3-6,8-10,13,20H,2,7,11-12,14-18H2,1H3,(H,25,31)(H,27,28). The molecular formula is C24H32N6O. The highest BCUT2D eigenvalue weighted by atomic mass is 16.1. The van der Waals surface area contributed by atoms with Gasteiger partial charge in [0.05, 0.1) is 0 Å². The molecule has 0 spiro atoms. The summed E-state index contributed by atoms with van der Waals surface area (Å²) >= 11 is 0. The number of aromatic nitrogens is 3. The summed E-state index contributed by atoms with van der Waals surface area (Å²) in [6.07, 6.45) is 5.38. The second kappa shape index (κ2) is 10.4. The van der Waals surface area contributed by atoms with Crippen LogP contribution in [-0.4, -0.2) is 51.0 Å². The summed E-state index contributed by atoms with van der Waals surface area (Å²) in [7, 11) is 0. The van der Waals surface area contributed by atoms with Crippen LogP contribution < -0.4 is 10.6 Å². The van der Waals surface area contributed by atoms with Crippen LogP contribution in [0.15, 0.2) is 48.7 Å². The van der Waals surface area contributed by atoms with Crippen molar-refractivity contribution in [3.63, 3.8) is 0 Å². The minimum Gasteiger partial charge on any atom is -0.354 e. The molecule has 1 fully saturated rings. The van der Waals surface area contributed by atoms with Crippen molar-refractivity contribution in [1.82, 2.24) is 24.8 Å². The highest BCUT2D eigenvalue weighted by Crippen LogP contribution is 2.21. The van der Waals surface area contributed by atoms with E-state index in [0.29, 0.717) is 25.6 Å². The van der Waals surface area contributed by atoms with Crippen molar-refractivity contribution < 1.29 is 4.79 Å². The first-order valence-electron chi connectivity index (χ1n) is 11.3. The summed E-state index contributed by atoms with van der Waals surface area (Å²) < 4.78 is 2.10. The van der Waals surface area contributed by atoms with E-state index in [-0.39, 0.29) is 5.91 Å². The molecule has 0 aliphatic carbocycles. The number of benzene rings is 1. The lowest BCUT2D eigenvalue weighted by molar-refractivity contribution is -0.121. The van der Waals surface area contributed by atoms with E-state index >= 15 is 0 Å². The Morgan fingerprint density at radius 3 is 2.71 bits per heavy atom. The zero-order chi connectivity index (χ0) is 21.5. The molecule has 2 N–H and O–H groups in total. The molecule has 0 bridgehead atoms. The van der Waals surface area contributed by atoms with Crippen LogP contribution in [-0.2, 0) is 17.9 Å². The van der Waals surface area contributed by atoms with Crippen molar-refractivity contribution >= 4 is 23.0 Å². The molecule has 3 aromatic rings. The summed E-state index contributed by atoms with van der Waals surface area (Å²) in [5.41, 5.74) is 3.11. The normalized spacial score (nSPS) is 15.3. The Kier molecular flexibility index (Phi) is 7.14. The first-order valence-corrected chi connectivity index (χ1v) is 11.3. The van der Waals surface area contributed by atoms with Crippen molar-refractivity contribution in [3.05, 3.63) is 54.2 Å². The van der Waals surface area contributed by atoms with Crippen LogP contribution in [0.2, 0.25) is 0 Å². The molecule has 4 rings (SSSR count). The largest absolute Gasteiger partial charge is 0.354 e. The minimum absolute atomic E-state index is 0.0974. The second-order valence-corrected chi connectivity index (χ2v) is 8.21. The molecule has 7 nitrogen and oxygen atoms in total. The topological polar surface area (TPSA) is 75.1 Å². The van der Waals surface area contributed by atoms with Crippen LogP contribution in [0.25, 0.3) is 11.2 Å². The van der Waals surface area contributed by atoms with Gasteiger partial charge in [-0.25, -0.2) is 9.97 Å². The van der Waals surface area contributed by atoms with Crippen LogP contribution in [0.5, 0.6) is 0 Å². The fourth-order valence-corrected chi connectivity index (χ4v) is 4.16. The molecule has 1 aliphatic rings. The van der Waals surface area contributed by atoms with Gasteiger partial charge in [0, 0.05) is 51.4 Å². The number of imidazole rings is 1. The monoisotopic (exact) mass is 420 g/mol. The molecule has 0 saturated carbocycles. The summed E-state index contributed by atoms with van der Waals surface area (Å²) in [5.74, 6) is 0.945. The average Bonchev–Trinajstić information content (AvgIpc) is 3.13. The third-order valence-electron chi connectivity index (χ3n) is 5.81. The van der Waals surface area contributed by atoms with Gasteiger partial charge in [0.2, 0.25) is 11.9 Å². The summed E-state index contributed by atoms with van der Waals surface area (Å²) in [6.45, 7) is 6.38. The number of rotatable bonds is 9. The van der Waals surface area contributed by atoms with E-state index in [4.69, 9.17) is 4.98 Å². The molecular weight excluding hydrogens is 388 g/mol. The van der Waals surface area contributed by atoms with Crippen LogP contribution in [0.3, 0.4) is 0 Å². The smallest absolute Gasteiger partial charge is 0.220 e. The number of likely N-dealkylation sites (tertiary alicyclic amines) is 1. The Morgan fingerprint density at radius 2 is 1.94 bits per heavy atom. The van der Waals surface area contributed by atoms with Gasteiger partial charge in [-0.05, 0) is 37.0 Å². The molecule has 1 saturated heterocycles. The Morgan fingerprint density at radius 1 is 1.13 bits per heavy atom. The van der Waals surface area contributed by atoms with E-state index in [2.05, 4.69) is 55.4 Å². The molecule has 0 unspecified atom stereocenters. The van der Waals surface area contributed by atoms with Crippen LogP contribution >= 0.6 is 0 Å². The quantitative estimate of drug-likeness (QED) is 0.555. The van der Waals surface area contributed by atoms with E-state index in [1.54, 1.807) is 6.20 Å². The summed E-state index contributed by atoms with van der Waals surface area (Å²) in [6, 6.07) is 14.9. The van der Waals surface area contributed by atoms with E-state index in [0.717, 1.165) is 56.0 Å². The van der Waals surface area contributed by atoms with E-state index in [1.165, 1.54) is 5.56 Å². The third kappa shape index (κ3) is 5.61. The zero-order valence-corrected chi connectivity index (χ0v) is 18.3. The van der Waals surface area contributed by atoms with Crippen molar-refractivity contribution in [1.29, 1.82) is 0 Å². The maximum absolute atomic E-state index is 11.8. The maximum Gasteiger partial charge on any atom is 0.220 e. The van der Waals surface area contributed by atoms with Gasteiger partial charge in [0.25, 0.3) is 0 Å². The number of fused-ring (bicyclic) bond motifs is 1. The summed E-state index contributed by atoms with van der Waals surface area (Å²) in [5, 5.41) is 6.66. The van der Waals surface area contributed by atoms with Crippen LogP contribution in [0.1, 0.15) is 38.2 Å².